The van der Waals surface area contributed by atoms with E-state index in [0.717, 1.165) is 31.5 Å². The molecule has 20 heavy (non-hydrogen) atoms. The average molecular weight is 297 g/mol. The number of aliphatic hydroxyl groups excluding tert-OH is 1. The summed E-state index contributed by atoms with van der Waals surface area (Å²) in [5.74, 6) is 0.861. The molecule has 5 heteroatoms. The van der Waals surface area contributed by atoms with E-state index in [2.05, 4.69) is 17.0 Å². The van der Waals surface area contributed by atoms with E-state index in [4.69, 9.17) is 5.11 Å². The molecule has 0 spiro atoms. The minimum atomic E-state index is -2.86. The molecule has 0 aromatic heterocycles. The lowest BCUT2D eigenvalue weighted by molar-refractivity contribution is 0.282. The molecular formula is C15H23NO3S. The van der Waals surface area contributed by atoms with Crippen molar-refractivity contribution in [2.45, 2.75) is 19.4 Å². The molecule has 1 aliphatic heterocycles. The first-order chi connectivity index (χ1) is 9.46. The maximum absolute atomic E-state index is 11.2. The summed E-state index contributed by atoms with van der Waals surface area (Å²) in [5, 5.41) is 9.02. The number of nitrogens with zero attached hydrogens (tertiary/aromatic N) is 1. The van der Waals surface area contributed by atoms with E-state index in [1.807, 2.05) is 12.1 Å². The van der Waals surface area contributed by atoms with Crippen molar-refractivity contribution in [3.63, 3.8) is 0 Å². The number of aliphatic hydroxyl groups is 1. The molecule has 1 aromatic rings. The van der Waals surface area contributed by atoms with Crippen LogP contribution in [-0.4, -0.2) is 50.1 Å². The molecule has 2 rings (SSSR count). The summed E-state index contributed by atoms with van der Waals surface area (Å²) in [6.07, 6.45) is 3.45. The van der Waals surface area contributed by atoms with Gasteiger partial charge in [0.05, 0.1) is 12.4 Å². The van der Waals surface area contributed by atoms with Crippen molar-refractivity contribution >= 4 is 9.84 Å². The molecule has 1 aromatic carbocycles. The van der Waals surface area contributed by atoms with E-state index in [9.17, 15) is 8.42 Å². The summed E-state index contributed by atoms with van der Waals surface area (Å²) in [4.78, 5) is 2.24. The minimum Gasteiger partial charge on any atom is -0.392 e. The number of rotatable bonds is 6. The van der Waals surface area contributed by atoms with Crippen molar-refractivity contribution < 1.29 is 13.5 Å². The maximum atomic E-state index is 11.2. The monoisotopic (exact) mass is 297 g/mol. The Balaban J connectivity index is 1.80. The molecule has 0 aliphatic carbocycles. The molecule has 0 bridgehead atoms. The van der Waals surface area contributed by atoms with Crippen LogP contribution in [0.2, 0.25) is 0 Å². The Morgan fingerprint density at radius 2 is 1.90 bits per heavy atom. The molecule has 1 unspecified atom stereocenters. The highest BCUT2D eigenvalue weighted by Crippen LogP contribution is 2.21. The van der Waals surface area contributed by atoms with Crippen LogP contribution in [0.4, 0.5) is 0 Å². The van der Waals surface area contributed by atoms with E-state index < -0.39 is 9.84 Å². The third kappa shape index (κ3) is 4.89. The number of benzene rings is 1. The maximum Gasteiger partial charge on any atom is 0.148 e. The lowest BCUT2D eigenvalue weighted by atomic mass is 9.98. The third-order valence-electron chi connectivity index (χ3n) is 3.88. The molecule has 1 heterocycles. The first-order valence-electron chi connectivity index (χ1n) is 7.05. The predicted octanol–water partition coefficient (Wildman–Crippen LogP) is 1.09. The van der Waals surface area contributed by atoms with Crippen molar-refractivity contribution in [1.82, 2.24) is 4.90 Å². The zero-order chi connectivity index (χ0) is 14.6. The summed E-state index contributed by atoms with van der Waals surface area (Å²) >= 11 is 0. The Morgan fingerprint density at radius 3 is 2.50 bits per heavy atom. The van der Waals surface area contributed by atoms with E-state index in [1.165, 1.54) is 11.8 Å². The van der Waals surface area contributed by atoms with E-state index in [0.29, 0.717) is 12.5 Å². The van der Waals surface area contributed by atoms with Gasteiger partial charge in [0, 0.05) is 19.3 Å². The van der Waals surface area contributed by atoms with Gasteiger partial charge in [0.15, 0.2) is 0 Å². The van der Waals surface area contributed by atoms with Crippen molar-refractivity contribution in [3.8, 4) is 0 Å². The number of sulfone groups is 1. The summed E-state index contributed by atoms with van der Waals surface area (Å²) in [6, 6.07) is 8.08. The molecule has 1 saturated heterocycles. The van der Waals surface area contributed by atoms with Crippen LogP contribution in [-0.2, 0) is 22.9 Å². The van der Waals surface area contributed by atoms with Gasteiger partial charge >= 0.3 is 0 Å². The summed E-state index contributed by atoms with van der Waals surface area (Å²) in [5.41, 5.74) is 2.23. The van der Waals surface area contributed by atoms with E-state index in [1.54, 1.807) is 0 Å². The minimum absolute atomic E-state index is 0.0863. The SMILES string of the molecule is CS(=O)(=O)CCN1CCC(Cc2ccc(CO)cc2)C1. The topological polar surface area (TPSA) is 57.6 Å². The van der Waals surface area contributed by atoms with Crippen LogP contribution in [0.15, 0.2) is 24.3 Å². The molecule has 112 valence electrons. The van der Waals surface area contributed by atoms with Crippen LogP contribution < -0.4 is 0 Å². The van der Waals surface area contributed by atoms with Crippen molar-refractivity contribution in [2.24, 2.45) is 5.92 Å². The van der Waals surface area contributed by atoms with Crippen molar-refractivity contribution in [2.75, 3.05) is 31.6 Å². The second kappa shape index (κ2) is 6.70. The molecule has 0 saturated carbocycles. The van der Waals surface area contributed by atoms with Crippen molar-refractivity contribution in [1.29, 1.82) is 0 Å². The average Bonchev–Trinajstić information content (AvgIpc) is 2.84. The second-order valence-electron chi connectivity index (χ2n) is 5.76. The van der Waals surface area contributed by atoms with Gasteiger partial charge in [-0.25, -0.2) is 8.42 Å². The van der Waals surface area contributed by atoms with Gasteiger partial charge in [0.25, 0.3) is 0 Å². The van der Waals surface area contributed by atoms with Crippen LogP contribution in [0.3, 0.4) is 0 Å². The first kappa shape index (κ1) is 15.5. The fourth-order valence-corrected chi connectivity index (χ4v) is 3.28. The highest BCUT2D eigenvalue weighted by atomic mass is 32.2. The standard InChI is InChI=1S/C15H23NO3S/c1-20(18,19)9-8-16-7-6-15(11-16)10-13-2-4-14(12-17)5-3-13/h2-5,15,17H,6-12H2,1H3. The lowest BCUT2D eigenvalue weighted by Gasteiger charge is -2.15. The number of likely N-dealkylation sites (tertiary alicyclic amines) is 1. The fourth-order valence-electron chi connectivity index (χ4n) is 2.69. The molecule has 1 aliphatic rings. The van der Waals surface area contributed by atoms with Crippen LogP contribution in [0.1, 0.15) is 17.5 Å². The second-order valence-corrected chi connectivity index (χ2v) is 8.02. The summed E-state index contributed by atoms with van der Waals surface area (Å²) in [7, 11) is -2.86. The predicted molar refractivity (Wildman–Crippen MR) is 80.3 cm³/mol. The largest absolute Gasteiger partial charge is 0.392 e. The van der Waals surface area contributed by atoms with Gasteiger partial charge in [-0.15, -0.1) is 0 Å². The van der Waals surface area contributed by atoms with Gasteiger partial charge in [0.1, 0.15) is 9.84 Å². The fraction of sp³-hybridized carbons (Fsp3) is 0.600. The normalized spacial score (nSPS) is 20.4. The van der Waals surface area contributed by atoms with Gasteiger partial charge in [0.2, 0.25) is 0 Å². The first-order valence-corrected chi connectivity index (χ1v) is 9.11. The number of hydrogen-bond acceptors (Lipinski definition) is 4. The smallest absolute Gasteiger partial charge is 0.148 e. The Labute approximate surface area is 121 Å². The third-order valence-corrected chi connectivity index (χ3v) is 4.80. The molecule has 1 fully saturated rings. The van der Waals surface area contributed by atoms with Crippen LogP contribution in [0.5, 0.6) is 0 Å². The quantitative estimate of drug-likeness (QED) is 0.854. The Hall–Kier alpha value is -0.910. The molecule has 1 atom stereocenters. The van der Waals surface area contributed by atoms with Gasteiger partial charge < -0.3 is 10.0 Å². The molecule has 4 nitrogen and oxygen atoms in total. The van der Waals surface area contributed by atoms with Gasteiger partial charge in [-0.1, -0.05) is 24.3 Å². The van der Waals surface area contributed by atoms with Gasteiger partial charge in [-0.05, 0) is 36.4 Å². The van der Waals surface area contributed by atoms with Crippen LogP contribution in [0.25, 0.3) is 0 Å². The van der Waals surface area contributed by atoms with Crippen molar-refractivity contribution in [3.05, 3.63) is 35.4 Å². The van der Waals surface area contributed by atoms with E-state index >= 15 is 0 Å². The molecule has 0 amide bonds. The molecular weight excluding hydrogens is 274 g/mol. The molecule has 1 N–H and O–H groups in total. The van der Waals surface area contributed by atoms with Crippen LogP contribution >= 0.6 is 0 Å². The highest BCUT2D eigenvalue weighted by molar-refractivity contribution is 7.90. The van der Waals surface area contributed by atoms with Crippen LogP contribution in [0, 0.1) is 5.92 Å². The van der Waals surface area contributed by atoms with Gasteiger partial charge in [-0.3, -0.25) is 0 Å². The molecule has 0 radical (unpaired) electrons. The lowest BCUT2D eigenvalue weighted by Crippen LogP contribution is -2.27. The Morgan fingerprint density at radius 1 is 1.25 bits per heavy atom. The summed E-state index contributed by atoms with van der Waals surface area (Å²) in [6.45, 7) is 2.72. The summed E-state index contributed by atoms with van der Waals surface area (Å²) < 4.78 is 22.3. The Kier molecular flexibility index (Phi) is 5.18. The zero-order valence-corrected chi connectivity index (χ0v) is 12.8. The zero-order valence-electron chi connectivity index (χ0n) is 12.0. The number of hydrogen-bond donors (Lipinski definition) is 1. The van der Waals surface area contributed by atoms with E-state index in [-0.39, 0.29) is 12.4 Å². The van der Waals surface area contributed by atoms with Gasteiger partial charge in [-0.2, -0.15) is 0 Å². The Bertz CT molecular complexity index is 525. The highest BCUT2D eigenvalue weighted by Gasteiger charge is 2.23.